The molecule has 1 unspecified atom stereocenters. The molecule has 1 aromatic heterocycles. The van der Waals surface area contributed by atoms with Gasteiger partial charge in [-0.1, -0.05) is 52.0 Å². The van der Waals surface area contributed by atoms with E-state index in [0.717, 1.165) is 17.4 Å². The van der Waals surface area contributed by atoms with Crippen LogP contribution < -0.4 is 5.32 Å². The summed E-state index contributed by atoms with van der Waals surface area (Å²) in [5, 5.41) is 12.9. The SMILES string of the molecule is CCN(CC)C(CNc1oc(-c2ccc(S(=O)(=O)N(C)C)cc2)nc1C#N)c1ccc(C(C)C)cc1. The van der Waals surface area contributed by atoms with Crippen LogP contribution in [-0.4, -0.2) is 56.3 Å². The van der Waals surface area contributed by atoms with Gasteiger partial charge in [0.15, 0.2) is 0 Å². The van der Waals surface area contributed by atoms with Crippen LogP contribution >= 0.6 is 0 Å². The molecule has 0 fully saturated rings. The Labute approximate surface area is 214 Å². The number of sulfonamides is 1. The molecule has 3 aromatic rings. The molecule has 0 radical (unpaired) electrons. The second-order valence-corrected chi connectivity index (χ2v) is 11.2. The summed E-state index contributed by atoms with van der Waals surface area (Å²) in [4.78, 5) is 6.85. The molecule has 1 heterocycles. The van der Waals surface area contributed by atoms with Crippen LogP contribution in [0.5, 0.6) is 0 Å². The molecule has 0 saturated carbocycles. The van der Waals surface area contributed by atoms with Crippen LogP contribution in [0, 0.1) is 11.3 Å². The molecule has 0 saturated heterocycles. The summed E-state index contributed by atoms with van der Waals surface area (Å²) < 4.78 is 31.8. The molecule has 0 amide bonds. The highest BCUT2D eigenvalue weighted by atomic mass is 32.2. The standard InChI is InChI=1S/C27H35N5O3S/c1-7-32(8-2)25(21-11-9-20(10-12-21)19(3)4)18-29-27-24(17-28)30-26(35-27)22-13-15-23(16-14-22)36(33,34)31(5)6/h9-16,19,25,29H,7-8,18H2,1-6H3. The molecule has 0 spiro atoms. The average Bonchev–Trinajstić information content (AvgIpc) is 3.30. The first-order valence-electron chi connectivity index (χ1n) is 12.1. The van der Waals surface area contributed by atoms with E-state index in [-0.39, 0.29) is 22.5 Å². The van der Waals surface area contributed by atoms with Crippen molar-refractivity contribution in [1.29, 1.82) is 5.26 Å². The Morgan fingerprint density at radius 2 is 1.58 bits per heavy atom. The summed E-state index contributed by atoms with van der Waals surface area (Å²) in [7, 11) is -0.566. The lowest BCUT2D eigenvalue weighted by molar-refractivity contribution is 0.227. The van der Waals surface area contributed by atoms with Gasteiger partial charge < -0.3 is 9.73 Å². The van der Waals surface area contributed by atoms with E-state index in [2.05, 4.69) is 73.2 Å². The number of likely N-dealkylation sites (N-methyl/N-ethyl adjacent to an activating group) is 1. The Hall–Kier alpha value is -3.19. The zero-order valence-electron chi connectivity index (χ0n) is 21.8. The van der Waals surface area contributed by atoms with Crippen LogP contribution in [0.15, 0.2) is 57.8 Å². The maximum absolute atomic E-state index is 12.3. The van der Waals surface area contributed by atoms with Gasteiger partial charge in [0.25, 0.3) is 0 Å². The number of rotatable bonds is 11. The van der Waals surface area contributed by atoms with Crippen LogP contribution in [0.1, 0.15) is 56.5 Å². The van der Waals surface area contributed by atoms with E-state index in [1.807, 2.05) is 0 Å². The smallest absolute Gasteiger partial charge is 0.242 e. The third-order valence-corrected chi connectivity index (χ3v) is 8.14. The summed E-state index contributed by atoms with van der Waals surface area (Å²) in [5.74, 6) is 1.02. The van der Waals surface area contributed by atoms with Crippen LogP contribution in [0.25, 0.3) is 11.5 Å². The van der Waals surface area contributed by atoms with E-state index < -0.39 is 10.0 Å². The third-order valence-electron chi connectivity index (χ3n) is 6.31. The maximum Gasteiger partial charge on any atom is 0.242 e. The zero-order valence-corrected chi connectivity index (χ0v) is 22.6. The fourth-order valence-corrected chi connectivity index (χ4v) is 4.94. The van der Waals surface area contributed by atoms with Crippen molar-refractivity contribution in [3.8, 4) is 17.5 Å². The molecule has 1 N–H and O–H groups in total. The van der Waals surface area contributed by atoms with Gasteiger partial charge in [0.05, 0.1) is 10.9 Å². The molecule has 2 aromatic carbocycles. The number of hydrogen-bond donors (Lipinski definition) is 1. The lowest BCUT2D eigenvalue weighted by Crippen LogP contribution is -2.33. The Balaban J connectivity index is 1.85. The number of oxazole rings is 1. The molecule has 0 aliphatic carbocycles. The largest absolute Gasteiger partial charge is 0.419 e. The maximum atomic E-state index is 12.3. The van der Waals surface area contributed by atoms with Gasteiger partial charge >= 0.3 is 0 Å². The molecule has 36 heavy (non-hydrogen) atoms. The summed E-state index contributed by atoms with van der Waals surface area (Å²) >= 11 is 0. The number of anilines is 1. The zero-order chi connectivity index (χ0) is 26.5. The predicted octanol–water partition coefficient (Wildman–Crippen LogP) is 5.08. The molecular formula is C27H35N5O3S. The van der Waals surface area contributed by atoms with E-state index in [4.69, 9.17) is 4.42 Å². The number of benzene rings is 2. The summed E-state index contributed by atoms with van der Waals surface area (Å²) in [5.41, 5.74) is 3.22. The average molecular weight is 510 g/mol. The van der Waals surface area contributed by atoms with Gasteiger partial charge in [-0.2, -0.15) is 10.2 Å². The van der Waals surface area contributed by atoms with E-state index in [9.17, 15) is 13.7 Å². The highest BCUT2D eigenvalue weighted by molar-refractivity contribution is 7.89. The Bertz CT molecular complexity index is 1290. The van der Waals surface area contributed by atoms with Gasteiger partial charge in [-0.05, 0) is 54.4 Å². The fraction of sp³-hybridized carbons (Fsp3) is 0.407. The van der Waals surface area contributed by atoms with E-state index in [1.54, 1.807) is 12.1 Å². The second kappa shape index (κ2) is 11.7. The lowest BCUT2D eigenvalue weighted by Gasteiger charge is -2.30. The number of hydrogen-bond acceptors (Lipinski definition) is 7. The molecule has 0 bridgehead atoms. The van der Waals surface area contributed by atoms with Gasteiger partial charge in [-0.3, -0.25) is 4.90 Å². The molecule has 192 valence electrons. The minimum absolute atomic E-state index is 0.0804. The molecular weight excluding hydrogens is 474 g/mol. The first kappa shape index (κ1) is 27.4. The van der Waals surface area contributed by atoms with Crippen molar-refractivity contribution in [1.82, 2.24) is 14.2 Å². The second-order valence-electron chi connectivity index (χ2n) is 9.06. The molecule has 3 rings (SSSR count). The number of aromatic nitrogens is 1. The Kier molecular flexibility index (Phi) is 8.90. The number of nitriles is 1. The van der Waals surface area contributed by atoms with Crippen molar-refractivity contribution < 1.29 is 12.8 Å². The van der Waals surface area contributed by atoms with Crippen molar-refractivity contribution in [2.75, 3.05) is 39.0 Å². The molecule has 9 heteroatoms. The van der Waals surface area contributed by atoms with Gasteiger partial charge in [0, 0.05) is 26.2 Å². The van der Waals surface area contributed by atoms with Crippen molar-refractivity contribution in [2.45, 2.75) is 44.6 Å². The fourth-order valence-electron chi connectivity index (χ4n) is 4.03. The minimum Gasteiger partial charge on any atom is -0.419 e. The van der Waals surface area contributed by atoms with E-state index in [1.165, 1.54) is 37.4 Å². The van der Waals surface area contributed by atoms with Gasteiger partial charge in [-0.25, -0.2) is 12.7 Å². The third kappa shape index (κ3) is 5.95. The summed E-state index contributed by atoms with van der Waals surface area (Å²) in [6, 6.07) is 17.1. The highest BCUT2D eigenvalue weighted by Gasteiger charge is 2.22. The Morgan fingerprint density at radius 3 is 2.08 bits per heavy atom. The van der Waals surface area contributed by atoms with Gasteiger partial charge in [0.2, 0.25) is 27.5 Å². The highest BCUT2D eigenvalue weighted by Crippen LogP contribution is 2.29. The van der Waals surface area contributed by atoms with E-state index >= 15 is 0 Å². The minimum atomic E-state index is -3.54. The van der Waals surface area contributed by atoms with Crippen LogP contribution in [0.2, 0.25) is 0 Å². The number of nitrogens with one attached hydrogen (secondary N) is 1. The molecule has 0 aliphatic rings. The quantitative estimate of drug-likeness (QED) is 0.384. The van der Waals surface area contributed by atoms with Crippen molar-refractivity contribution >= 4 is 15.9 Å². The Morgan fingerprint density at radius 1 is 1.00 bits per heavy atom. The summed E-state index contributed by atoms with van der Waals surface area (Å²) in [6.07, 6.45) is 0. The molecule has 0 aliphatic heterocycles. The lowest BCUT2D eigenvalue weighted by atomic mass is 9.98. The van der Waals surface area contributed by atoms with Gasteiger partial charge in [0.1, 0.15) is 6.07 Å². The number of nitrogens with zero attached hydrogens (tertiary/aromatic N) is 4. The van der Waals surface area contributed by atoms with Gasteiger partial charge in [-0.15, -0.1) is 0 Å². The predicted molar refractivity (Wildman–Crippen MR) is 142 cm³/mol. The normalized spacial score (nSPS) is 12.8. The topological polar surface area (TPSA) is 102 Å². The summed E-state index contributed by atoms with van der Waals surface area (Å²) in [6.45, 7) is 10.9. The van der Waals surface area contributed by atoms with E-state index in [0.29, 0.717) is 23.9 Å². The first-order chi connectivity index (χ1) is 17.1. The van der Waals surface area contributed by atoms with Crippen molar-refractivity contribution in [3.05, 3.63) is 65.4 Å². The van der Waals surface area contributed by atoms with Crippen LogP contribution in [0.4, 0.5) is 5.88 Å². The van der Waals surface area contributed by atoms with Crippen molar-refractivity contribution in [3.63, 3.8) is 0 Å². The molecule has 8 nitrogen and oxygen atoms in total. The monoisotopic (exact) mass is 509 g/mol. The van der Waals surface area contributed by atoms with Crippen LogP contribution in [-0.2, 0) is 10.0 Å². The van der Waals surface area contributed by atoms with Crippen LogP contribution in [0.3, 0.4) is 0 Å². The molecule has 1 atom stereocenters. The van der Waals surface area contributed by atoms with Crippen molar-refractivity contribution in [2.24, 2.45) is 0 Å². The first-order valence-corrected chi connectivity index (χ1v) is 13.6.